The molecule has 18 heavy (non-hydrogen) atoms. The minimum absolute atomic E-state index is 0.148. The van der Waals surface area contributed by atoms with Gasteiger partial charge in [0.25, 0.3) is 0 Å². The van der Waals surface area contributed by atoms with Crippen molar-refractivity contribution in [2.45, 2.75) is 32.2 Å². The summed E-state index contributed by atoms with van der Waals surface area (Å²) in [6.45, 7) is 3.94. The molecule has 0 saturated heterocycles. The number of rotatable bonds is 5. The number of nitrogens with one attached hydrogen (secondary N) is 1. The van der Waals surface area contributed by atoms with E-state index in [2.05, 4.69) is 5.32 Å². The van der Waals surface area contributed by atoms with E-state index >= 15 is 0 Å². The Bertz CT molecular complexity index is 427. The first-order chi connectivity index (χ1) is 8.30. The van der Waals surface area contributed by atoms with Crippen molar-refractivity contribution in [3.8, 4) is 0 Å². The molecule has 0 heterocycles. The van der Waals surface area contributed by atoms with Crippen LogP contribution in [-0.4, -0.2) is 18.0 Å². The molecular formula is C13H18Cl2N2O. The van der Waals surface area contributed by atoms with E-state index in [9.17, 15) is 4.79 Å². The molecule has 3 N–H and O–H groups in total. The van der Waals surface area contributed by atoms with Gasteiger partial charge in [-0.2, -0.15) is 0 Å². The van der Waals surface area contributed by atoms with Gasteiger partial charge in [-0.15, -0.1) is 0 Å². The van der Waals surface area contributed by atoms with Crippen molar-refractivity contribution in [2.75, 3.05) is 6.54 Å². The van der Waals surface area contributed by atoms with Gasteiger partial charge in [-0.3, -0.25) is 4.79 Å². The predicted molar refractivity (Wildman–Crippen MR) is 76.1 cm³/mol. The maximum Gasteiger partial charge on any atom is 0.239 e. The first kappa shape index (κ1) is 15.3. The molecule has 1 rings (SSSR count). The second-order valence-corrected chi connectivity index (χ2v) is 5.66. The van der Waals surface area contributed by atoms with Gasteiger partial charge in [0.15, 0.2) is 0 Å². The number of carbonyl (C=O) groups excluding carboxylic acids is 1. The Balaban J connectivity index is 2.36. The van der Waals surface area contributed by atoms with Crippen LogP contribution < -0.4 is 11.1 Å². The van der Waals surface area contributed by atoms with Crippen LogP contribution in [0.2, 0.25) is 10.0 Å². The first-order valence-corrected chi connectivity index (χ1v) is 6.57. The maximum atomic E-state index is 11.5. The van der Waals surface area contributed by atoms with Gasteiger partial charge in [-0.05, 0) is 44.4 Å². The summed E-state index contributed by atoms with van der Waals surface area (Å²) in [5.74, 6) is -0.148. The maximum absolute atomic E-state index is 11.5. The molecule has 1 aromatic carbocycles. The van der Waals surface area contributed by atoms with Crippen LogP contribution >= 0.6 is 23.2 Å². The normalized spacial score (nSPS) is 11.4. The molecule has 0 atom stereocenters. The number of halogens is 2. The molecule has 0 aliphatic heterocycles. The molecule has 0 aliphatic rings. The molecule has 0 unspecified atom stereocenters. The Hall–Kier alpha value is -0.770. The van der Waals surface area contributed by atoms with Crippen LogP contribution in [0, 0.1) is 0 Å². The number of nitrogens with two attached hydrogens (primary N) is 1. The van der Waals surface area contributed by atoms with E-state index in [0.717, 1.165) is 18.4 Å². The van der Waals surface area contributed by atoms with Crippen LogP contribution in [0.1, 0.15) is 25.8 Å². The topological polar surface area (TPSA) is 55.1 Å². The molecule has 0 spiro atoms. The smallest absolute Gasteiger partial charge is 0.239 e. The van der Waals surface area contributed by atoms with Crippen molar-refractivity contribution < 1.29 is 4.79 Å². The van der Waals surface area contributed by atoms with Crippen molar-refractivity contribution in [1.82, 2.24) is 5.32 Å². The molecule has 0 fully saturated rings. The third-order valence-electron chi connectivity index (χ3n) is 2.51. The van der Waals surface area contributed by atoms with E-state index in [4.69, 9.17) is 28.9 Å². The Kier molecular flexibility index (Phi) is 5.45. The molecule has 5 heteroatoms. The highest BCUT2D eigenvalue weighted by atomic mass is 35.5. The van der Waals surface area contributed by atoms with Crippen LogP contribution in [0.25, 0.3) is 0 Å². The molecule has 0 radical (unpaired) electrons. The van der Waals surface area contributed by atoms with E-state index in [1.54, 1.807) is 19.9 Å². The van der Waals surface area contributed by atoms with Crippen LogP contribution in [-0.2, 0) is 11.2 Å². The summed E-state index contributed by atoms with van der Waals surface area (Å²) < 4.78 is 0. The quantitative estimate of drug-likeness (QED) is 0.819. The summed E-state index contributed by atoms with van der Waals surface area (Å²) in [6, 6.07) is 5.43. The van der Waals surface area contributed by atoms with Gasteiger partial charge in [-0.25, -0.2) is 0 Å². The monoisotopic (exact) mass is 288 g/mol. The lowest BCUT2D eigenvalue weighted by Gasteiger charge is -2.17. The lowest BCUT2D eigenvalue weighted by atomic mass is 10.1. The van der Waals surface area contributed by atoms with Crippen LogP contribution in [0.15, 0.2) is 18.2 Å². The lowest BCUT2D eigenvalue weighted by Crippen LogP contribution is -2.49. The van der Waals surface area contributed by atoms with Crippen molar-refractivity contribution in [2.24, 2.45) is 5.73 Å². The SMILES string of the molecule is CC(C)(N)C(=O)NCCCc1ccc(Cl)cc1Cl. The number of hydrogen-bond donors (Lipinski definition) is 2. The fourth-order valence-corrected chi connectivity index (χ4v) is 1.94. The fourth-order valence-electron chi connectivity index (χ4n) is 1.43. The number of hydrogen-bond acceptors (Lipinski definition) is 2. The van der Waals surface area contributed by atoms with Gasteiger partial charge in [0.05, 0.1) is 5.54 Å². The molecule has 0 aliphatic carbocycles. The molecule has 0 aromatic heterocycles. The minimum Gasteiger partial charge on any atom is -0.355 e. The van der Waals surface area contributed by atoms with Gasteiger partial charge in [-0.1, -0.05) is 29.3 Å². The average Bonchev–Trinajstić information content (AvgIpc) is 2.25. The van der Waals surface area contributed by atoms with Crippen LogP contribution in [0.4, 0.5) is 0 Å². The van der Waals surface area contributed by atoms with Crippen molar-refractivity contribution in [3.63, 3.8) is 0 Å². The standard InChI is InChI=1S/C13H18Cl2N2O/c1-13(2,16)12(18)17-7-3-4-9-5-6-10(14)8-11(9)15/h5-6,8H,3-4,7,16H2,1-2H3,(H,17,18). The van der Waals surface area contributed by atoms with Crippen molar-refractivity contribution in [1.29, 1.82) is 0 Å². The Morgan fingerprint density at radius 2 is 2.06 bits per heavy atom. The third kappa shape index (κ3) is 4.84. The largest absolute Gasteiger partial charge is 0.355 e. The van der Waals surface area contributed by atoms with Crippen molar-refractivity contribution >= 4 is 29.1 Å². The molecule has 0 saturated carbocycles. The van der Waals surface area contributed by atoms with E-state index in [0.29, 0.717) is 16.6 Å². The van der Waals surface area contributed by atoms with Crippen LogP contribution in [0.5, 0.6) is 0 Å². The second-order valence-electron chi connectivity index (χ2n) is 4.82. The van der Waals surface area contributed by atoms with E-state index in [-0.39, 0.29) is 5.91 Å². The first-order valence-electron chi connectivity index (χ1n) is 5.82. The van der Waals surface area contributed by atoms with Gasteiger partial charge < -0.3 is 11.1 Å². The highest BCUT2D eigenvalue weighted by Crippen LogP contribution is 2.21. The molecular weight excluding hydrogens is 271 g/mol. The molecule has 3 nitrogen and oxygen atoms in total. The number of aryl methyl sites for hydroxylation is 1. The van der Waals surface area contributed by atoms with Crippen molar-refractivity contribution in [3.05, 3.63) is 33.8 Å². The van der Waals surface area contributed by atoms with Gasteiger partial charge in [0.2, 0.25) is 5.91 Å². The molecule has 1 aromatic rings. The molecule has 1 amide bonds. The Morgan fingerprint density at radius 3 is 2.61 bits per heavy atom. The van der Waals surface area contributed by atoms with E-state index < -0.39 is 5.54 Å². The summed E-state index contributed by atoms with van der Waals surface area (Å²) in [5, 5.41) is 4.08. The summed E-state index contributed by atoms with van der Waals surface area (Å²) >= 11 is 11.9. The minimum atomic E-state index is -0.835. The average molecular weight is 289 g/mol. The fraction of sp³-hybridized carbons (Fsp3) is 0.462. The Morgan fingerprint density at radius 1 is 1.39 bits per heavy atom. The highest BCUT2D eigenvalue weighted by Gasteiger charge is 2.20. The summed E-state index contributed by atoms with van der Waals surface area (Å²) in [4.78, 5) is 11.5. The molecule has 100 valence electrons. The summed E-state index contributed by atoms with van der Waals surface area (Å²) in [7, 11) is 0. The van der Waals surface area contributed by atoms with Gasteiger partial charge >= 0.3 is 0 Å². The van der Waals surface area contributed by atoms with Crippen LogP contribution in [0.3, 0.4) is 0 Å². The number of benzene rings is 1. The Labute approximate surface area is 118 Å². The summed E-state index contributed by atoms with van der Waals surface area (Å²) in [6.07, 6.45) is 1.60. The van der Waals surface area contributed by atoms with Gasteiger partial charge in [0, 0.05) is 16.6 Å². The lowest BCUT2D eigenvalue weighted by molar-refractivity contribution is -0.125. The zero-order chi connectivity index (χ0) is 13.8. The second kappa shape index (κ2) is 6.41. The van der Waals surface area contributed by atoms with Gasteiger partial charge in [0.1, 0.15) is 0 Å². The molecule has 0 bridgehead atoms. The predicted octanol–water partition coefficient (Wildman–Crippen LogP) is 2.78. The zero-order valence-electron chi connectivity index (χ0n) is 10.6. The highest BCUT2D eigenvalue weighted by molar-refractivity contribution is 6.35. The third-order valence-corrected chi connectivity index (χ3v) is 3.10. The van der Waals surface area contributed by atoms with E-state index in [1.165, 1.54) is 0 Å². The number of amides is 1. The summed E-state index contributed by atoms with van der Waals surface area (Å²) in [5.41, 5.74) is 5.86. The number of carbonyl (C=O) groups is 1. The van der Waals surface area contributed by atoms with E-state index in [1.807, 2.05) is 12.1 Å². The zero-order valence-corrected chi connectivity index (χ0v) is 12.1.